The molecule has 0 saturated carbocycles. The first-order chi connectivity index (χ1) is 23.9. The number of carbonyl (C=O) groups excluding carboxylic acids is 3. The lowest BCUT2D eigenvalue weighted by molar-refractivity contribution is -0.145. The van der Waals surface area contributed by atoms with Crippen LogP contribution in [0.15, 0.2) is 91.0 Å². The van der Waals surface area contributed by atoms with E-state index in [0.29, 0.717) is 0 Å². The van der Waals surface area contributed by atoms with Gasteiger partial charge >= 0.3 is 18.2 Å². The first-order valence-corrected chi connectivity index (χ1v) is 17.2. The van der Waals surface area contributed by atoms with Gasteiger partial charge in [-0.2, -0.15) is 0 Å². The minimum absolute atomic E-state index is 0.00958. The van der Waals surface area contributed by atoms with Crippen LogP contribution in [0.25, 0.3) is 0 Å². The highest BCUT2D eigenvalue weighted by Crippen LogP contribution is 2.37. The average Bonchev–Trinajstić information content (AvgIpc) is 3.06. The Kier molecular flexibility index (Phi) is 14.2. The fourth-order valence-corrected chi connectivity index (χ4v) is 5.40. The van der Waals surface area contributed by atoms with E-state index in [4.69, 9.17) is 14.2 Å². The van der Waals surface area contributed by atoms with Crippen LogP contribution in [-0.4, -0.2) is 77.1 Å². The Balaban J connectivity index is 2.07. The minimum atomic E-state index is -1.68. The minimum Gasteiger partial charge on any atom is -0.480 e. The van der Waals surface area contributed by atoms with Crippen LogP contribution in [0.4, 0.5) is 9.59 Å². The molecule has 3 aromatic carbocycles. The number of benzene rings is 3. The maximum atomic E-state index is 14.3. The molecule has 0 unspecified atom stereocenters. The van der Waals surface area contributed by atoms with Gasteiger partial charge in [0.05, 0.1) is 31.3 Å². The Hall–Kier alpha value is -4.90. The molecule has 3 amide bonds. The van der Waals surface area contributed by atoms with Crippen LogP contribution >= 0.6 is 0 Å². The summed E-state index contributed by atoms with van der Waals surface area (Å²) in [4.78, 5) is 54.9. The Morgan fingerprint density at radius 1 is 0.725 bits per heavy atom. The number of ether oxygens (including phenoxy) is 3. The normalized spacial score (nSPS) is 13.1. The zero-order valence-electron chi connectivity index (χ0n) is 31.0. The van der Waals surface area contributed by atoms with E-state index >= 15 is 0 Å². The van der Waals surface area contributed by atoms with Crippen LogP contribution in [0.1, 0.15) is 78.5 Å². The number of carbonyl (C=O) groups is 4. The van der Waals surface area contributed by atoms with Crippen molar-refractivity contribution in [3.05, 3.63) is 108 Å². The number of carboxylic acids is 1. The van der Waals surface area contributed by atoms with Gasteiger partial charge in [-0.25, -0.2) is 14.4 Å². The molecule has 0 aliphatic heterocycles. The SMILES string of the molecule is CC(C)COC(=O)N(C[C@H](COC(C)(C)C)NC(=O)OC(C)(C)C)[C@@H](CC(=O)NC(c1ccccc1)(c1ccccc1)c1ccccc1)C(=O)O. The lowest BCUT2D eigenvalue weighted by atomic mass is 9.77. The largest absolute Gasteiger partial charge is 0.480 e. The van der Waals surface area contributed by atoms with Crippen molar-refractivity contribution in [2.45, 2.75) is 90.6 Å². The molecule has 0 aromatic heterocycles. The van der Waals surface area contributed by atoms with Gasteiger partial charge in [-0.05, 0) is 64.2 Å². The third-order valence-corrected chi connectivity index (χ3v) is 7.62. The van der Waals surface area contributed by atoms with E-state index in [2.05, 4.69) is 10.6 Å². The summed E-state index contributed by atoms with van der Waals surface area (Å²) in [5.74, 6) is -2.11. The smallest absolute Gasteiger partial charge is 0.410 e. The van der Waals surface area contributed by atoms with Gasteiger partial charge in [-0.3, -0.25) is 9.69 Å². The highest BCUT2D eigenvalue weighted by molar-refractivity contribution is 5.88. The van der Waals surface area contributed by atoms with E-state index in [1.165, 1.54) is 0 Å². The number of amides is 3. The van der Waals surface area contributed by atoms with Gasteiger partial charge in [0.2, 0.25) is 5.91 Å². The van der Waals surface area contributed by atoms with E-state index in [-0.39, 0.29) is 25.7 Å². The van der Waals surface area contributed by atoms with Crippen molar-refractivity contribution < 1.29 is 38.5 Å². The van der Waals surface area contributed by atoms with Crippen molar-refractivity contribution in [1.82, 2.24) is 15.5 Å². The zero-order chi connectivity index (χ0) is 37.8. The molecule has 0 radical (unpaired) electrons. The molecular weight excluding hydrogens is 650 g/mol. The topological polar surface area (TPSA) is 144 Å². The maximum Gasteiger partial charge on any atom is 0.410 e. The summed E-state index contributed by atoms with van der Waals surface area (Å²) in [5, 5.41) is 16.5. The fraction of sp³-hybridized carbons (Fsp3) is 0.450. The molecular formula is C40H53N3O8. The summed E-state index contributed by atoms with van der Waals surface area (Å²) in [6.07, 6.45) is -2.35. The monoisotopic (exact) mass is 703 g/mol. The number of hydrogen-bond acceptors (Lipinski definition) is 7. The van der Waals surface area contributed by atoms with Crippen molar-refractivity contribution in [3.8, 4) is 0 Å². The molecule has 11 nitrogen and oxygen atoms in total. The van der Waals surface area contributed by atoms with Crippen molar-refractivity contribution in [2.24, 2.45) is 5.92 Å². The number of nitrogens with one attached hydrogen (secondary N) is 2. The highest BCUT2D eigenvalue weighted by Gasteiger charge is 2.41. The summed E-state index contributed by atoms with van der Waals surface area (Å²) >= 11 is 0. The summed E-state index contributed by atoms with van der Waals surface area (Å²) in [5.41, 5.74) is -0.419. The third kappa shape index (κ3) is 12.4. The second-order valence-electron chi connectivity index (χ2n) is 14.8. The summed E-state index contributed by atoms with van der Waals surface area (Å²) < 4.78 is 16.9. The third-order valence-electron chi connectivity index (χ3n) is 7.62. The maximum absolute atomic E-state index is 14.3. The van der Waals surface area contributed by atoms with E-state index in [9.17, 15) is 24.3 Å². The predicted molar refractivity (Wildman–Crippen MR) is 195 cm³/mol. The molecule has 0 saturated heterocycles. The molecule has 0 fully saturated rings. The number of rotatable bonds is 15. The molecule has 51 heavy (non-hydrogen) atoms. The number of alkyl carbamates (subject to hydrolysis) is 1. The van der Waals surface area contributed by atoms with Crippen LogP contribution in [0.5, 0.6) is 0 Å². The first kappa shape index (κ1) is 40.5. The lowest BCUT2D eigenvalue weighted by Gasteiger charge is -2.38. The quantitative estimate of drug-likeness (QED) is 0.148. The molecule has 0 heterocycles. The van der Waals surface area contributed by atoms with Crippen molar-refractivity contribution >= 4 is 24.1 Å². The number of nitrogens with zero attached hydrogens (tertiary/aromatic N) is 1. The zero-order valence-corrected chi connectivity index (χ0v) is 31.0. The highest BCUT2D eigenvalue weighted by atomic mass is 16.6. The molecule has 0 spiro atoms. The van der Waals surface area contributed by atoms with Gasteiger partial charge in [-0.15, -0.1) is 0 Å². The summed E-state index contributed by atoms with van der Waals surface area (Å²) in [6, 6.07) is 25.6. The number of aliphatic carboxylic acids is 1. The Morgan fingerprint density at radius 3 is 1.59 bits per heavy atom. The Bertz CT molecular complexity index is 1470. The van der Waals surface area contributed by atoms with E-state index in [0.717, 1.165) is 21.6 Å². The standard InChI is InChI=1S/C40H53N3O8/c1-28(2)26-49-37(48)43(25-32(27-50-38(3,4)5)41-36(47)51-39(6,7)8)33(35(45)46)24-34(44)42-40(29-18-12-9-13-19-29,30-20-14-10-15-21-30)31-22-16-11-17-23-31/h9-23,28,32-33H,24-27H2,1-8H3,(H,41,47)(H,42,44)(H,45,46)/t32-,33+/m1/s1. The van der Waals surface area contributed by atoms with Crippen molar-refractivity contribution in [2.75, 3.05) is 19.8 Å². The molecule has 3 aromatic rings. The molecule has 11 heteroatoms. The molecule has 3 rings (SSSR count). The first-order valence-electron chi connectivity index (χ1n) is 17.2. The van der Waals surface area contributed by atoms with Crippen molar-refractivity contribution in [1.29, 1.82) is 0 Å². The van der Waals surface area contributed by atoms with Crippen molar-refractivity contribution in [3.63, 3.8) is 0 Å². The van der Waals surface area contributed by atoms with Gasteiger partial charge in [0.15, 0.2) is 0 Å². The van der Waals surface area contributed by atoms with Crippen LogP contribution in [0, 0.1) is 5.92 Å². The summed E-state index contributed by atoms with van der Waals surface area (Å²) in [7, 11) is 0. The molecule has 0 aliphatic carbocycles. The van der Waals surface area contributed by atoms with Crippen LogP contribution < -0.4 is 10.6 Å². The fourth-order valence-electron chi connectivity index (χ4n) is 5.40. The molecule has 0 aliphatic rings. The van der Waals surface area contributed by atoms with Crippen LogP contribution in [0.2, 0.25) is 0 Å². The van der Waals surface area contributed by atoms with Gasteiger partial charge in [0.25, 0.3) is 0 Å². The van der Waals surface area contributed by atoms with Gasteiger partial charge in [-0.1, -0.05) is 105 Å². The van der Waals surface area contributed by atoms with Crippen LogP contribution in [-0.2, 0) is 29.3 Å². The van der Waals surface area contributed by atoms with Gasteiger partial charge < -0.3 is 30.0 Å². The van der Waals surface area contributed by atoms with E-state index < -0.39 is 59.3 Å². The molecule has 0 bridgehead atoms. The second-order valence-corrected chi connectivity index (χ2v) is 14.8. The Morgan fingerprint density at radius 2 is 1.20 bits per heavy atom. The number of carboxylic acid groups (broad SMARTS) is 1. The van der Waals surface area contributed by atoms with Crippen LogP contribution in [0.3, 0.4) is 0 Å². The molecule has 3 N–H and O–H groups in total. The number of hydrogen-bond donors (Lipinski definition) is 3. The van der Waals surface area contributed by atoms with E-state index in [1.807, 2.05) is 126 Å². The molecule has 2 atom stereocenters. The summed E-state index contributed by atoms with van der Waals surface area (Å²) in [6.45, 7) is 13.9. The average molecular weight is 704 g/mol. The second kappa shape index (κ2) is 17.8. The van der Waals surface area contributed by atoms with Gasteiger partial charge in [0, 0.05) is 6.54 Å². The predicted octanol–water partition coefficient (Wildman–Crippen LogP) is 6.74. The van der Waals surface area contributed by atoms with Gasteiger partial charge in [0.1, 0.15) is 17.2 Å². The van der Waals surface area contributed by atoms with E-state index in [1.54, 1.807) is 20.8 Å². The lowest BCUT2D eigenvalue weighted by Crippen LogP contribution is -2.56. The Labute approximate surface area is 301 Å². The molecule has 276 valence electrons.